The van der Waals surface area contributed by atoms with Crippen LogP contribution in [0.5, 0.6) is 0 Å². The standard InChI is InChI=1S/C18H20FNO3/c1-12-17(18(21)22-2)9-16(23-12)11-20(15-6-7-15)10-13-4-3-5-14(19)8-13/h3-5,8-9,15H,6-7,10-11H2,1-2H3. The van der Waals surface area contributed by atoms with Crippen LogP contribution in [0.1, 0.15) is 40.3 Å². The number of carbonyl (C=O) groups is 1. The van der Waals surface area contributed by atoms with Gasteiger partial charge in [-0.25, -0.2) is 9.18 Å². The molecule has 0 bridgehead atoms. The van der Waals surface area contributed by atoms with Crippen molar-refractivity contribution < 1.29 is 18.3 Å². The third-order valence-corrected chi connectivity index (χ3v) is 4.07. The molecule has 1 heterocycles. The Bertz CT molecular complexity index is 706. The molecule has 23 heavy (non-hydrogen) atoms. The molecule has 122 valence electrons. The summed E-state index contributed by atoms with van der Waals surface area (Å²) in [7, 11) is 1.36. The third-order valence-electron chi connectivity index (χ3n) is 4.07. The quantitative estimate of drug-likeness (QED) is 0.762. The van der Waals surface area contributed by atoms with Crippen molar-refractivity contribution in [1.29, 1.82) is 0 Å². The average molecular weight is 317 g/mol. The lowest BCUT2D eigenvalue weighted by atomic mass is 10.2. The van der Waals surface area contributed by atoms with Gasteiger partial charge in [0, 0.05) is 12.6 Å². The van der Waals surface area contributed by atoms with Gasteiger partial charge in [0.1, 0.15) is 22.9 Å². The van der Waals surface area contributed by atoms with E-state index in [4.69, 9.17) is 9.15 Å². The highest BCUT2D eigenvalue weighted by Gasteiger charge is 2.30. The summed E-state index contributed by atoms with van der Waals surface area (Å²) in [5.41, 5.74) is 1.40. The molecule has 0 N–H and O–H groups in total. The maximum absolute atomic E-state index is 13.4. The summed E-state index contributed by atoms with van der Waals surface area (Å²) < 4.78 is 23.8. The number of rotatable bonds is 6. The van der Waals surface area contributed by atoms with E-state index in [2.05, 4.69) is 4.90 Å². The van der Waals surface area contributed by atoms with Crippen LogP contribution in [-0.4, -0.2) is 24.0 Å². The van der Waals surface area contributed by atoms with E-state index in [9.17, 15) is 9.18 Å². The normalized spacial score (nSPS) is 14.3. The van der Waals surface area contributed by atoms with E-state index >= 15 is 0 Å². The van der Waals surface area contributed by atoms with Crippen molar-refractivity contribution in [2.24, 2.45) is 0 Å². The molecule has 0 radical (unpaired) electrons. The molecule has 3 rings (SSSR count). The zero-order valence-corrected chi connectivity index (χ0v) is 13.3. The number of halogens is 1. The van der Waals surface area contributed by atoms with Crippen LogP contribution in [-0.2, 0) is 17.8 Å². The van der Waals surface area contributed by atoms with Gasteiger partial charge in [-0.1, -0.05) is 12.1 Å². The van der Waals surface area contributed by atoms with Gasteiger partial charge >= 0.3 is 5.97 Å². The van der Waals surface area contributed by atoms with Gasteiger partial charge in [0.15, 0.2) is 0 Å². The van der Waals surface area contributed by atoms with E-state index in [1.54, 1.807) is 25.1 Å². The molecule has 0 saturated heterocycles. The van der Waals surface area contributed by atoms with Crippen molar-refractivity contribution in [2.45, 2.75) is 38.9 Å². The van der Waals surface area contributed by atoms with Crippen LogP contribution in [0.2, 0.25) is 0 Å². The molecule has 0 amide bonds. The summed E-state index contributed by atoms with van der Waals surface area (Å²) in [6.45, 7) is 3.01. The predicted octanol–water partition coefficient (Wildman–Crippen LogP) is 3.68. The van der Waals surface area contributed by atoms with Gasteiger partial charge in [0.2, 0.25) is 0 Å². The fourth-order valence-electron chi connectivity index (χ4n) is 2.76. The third kappa shape index (κ3) is 3.79. The van der Waals surface area contributed by atoms with Gasteiger partial charge in [0.05, 0.1) is 13.7 Å². The second-order valence-electron chi connectivity index (χ2n) is 5.94. The minimum absolute atomic E-state index is 0.222. The molecule has 0 atom stereocenters. The summed E-state index contributed by atoms with van der Waals surface area (Å²) >= 11 is 0. The number of nitrogens with zero attached hydrogens (tertiary/aromatic N) is 1. The minimum Gasteiger partial charge on any atom is -0.465 e. The highest BCUT2D eigenvalue weighted by atomic mass is 19.1. The number of furan rings is 1. The maximum atomic E-state index is 13.4. The highest BCUT2D eigenvalue weighted by Crippen LogP contribution is 2.30. The summed E-state index contributed by atoms with van der Waals surface area (Å²) in [5, 5.41) is 0. The SMILES string of the molecule is COC(=O)c1cc(CN(Cc2cccc(F)c2)C2CC2)oc1C. The monoisotopic (exact) mass is 317 g/mol. The number of methoxy groups -OCH3 is 1. The minimum atomic E-state index is -0.388. The molecule has 1 aliphatic rings. The Morgan fingerprint density at radius 3 is 2.78 bits per heavy atom. The Kier molecular flexibility index (Phi) is 4.48. The predicted molar refractivity (Wildman–Crippen MR) is 83.5 cm³/mol. The smallest absolute Gasteiger partial charge is 0.341 e. The van der Waals surface area contributed by atoms with Crippen LogP contribution < -0.4 is 0 Å². The number of ether oxygens (including phenoxy) is 1. The van der Waals surface area contributed by atoms with E-state index in [-0.39, 0.29) is 11.8 Å². The van der Waals surface area contributed by atoms with Gasteiger partial charge in [-0.05, 0) is 43.5 Å². The maximum Gasteiger partial charge on any atom is 0.341 e. The Morgan fingerprint density at radius 1 is 1.35 bits per heavy atom. The van der Waals surface area contributed by atoms with E-state index in [1.165, 1.54) is 13.2 Å². The highest BCUT2D eigenvalue weighted by molar-refractivity contribution is 5.90. The largest absolute Gasteiger partial charge is 0.465 e. The molecular weight excluding hydrogens is 297 g/mol. The Labute approximate surface area is 134 Å². The van der Waals surface area contributed by atoms with Gasteiger partial charge in [-0.2, -0.15) is 0 Å². The van der Waals surface area contributed by atoms with Crippen LogP contribution in [0.25, 0.3) is 0 Å². The fraction of sp³-hybridized carbons (Fsp3) is 0.389. The first kappa shape index (κ1) is 15.7. The summed E-state index contributed by atoms with van der Waals surface area (Å²) in [4.78, 5) is 13.9. The van der Waals surface area contributed by atoms with Crippen molar-refractivity contribution in [2.75, 3.05) is 7.11 Å². The van der Waals surface area contributed by atoms with Gasteiger partial charge in [0.25, 0.3) is 0 Å². The topological polar surface area (TPSA) is 42.7 Å². The van der Waals surface area contributed by atoms with Crippen molar-refractivity contribution in [3.63, 3.8) is 0 Å². The van der Waals surface area contributed by atoms with Crippen LogP contribution in [0.15, 0.2) is 34.7 Å². The second-order valence-corrected chi connectivity index (χ2v) is 5.94. The lowest BCUT2D eigenvalue weighted by molar-refractivity contribution is 0.0599. The fourth-order valence-corrected chi connectivity index (χ4v) is 2.76. The molecule has 0 spiro atoms. The van der Waals surface area contributed by atoms with Crippen LogP contribution >= 0.6 is 0 Å². The molecule has 2 aromatic rings. The zero-order valence-electron chi connectivity index (χ0n) is 13.3. The molecule has 1 fully saturated rings. The first-order chi connectivity index (χ1) is 11.1. The van der Waals surface area contributed by atoms with Crippen molar-refractivity contribution in [3.8, 4) is 0 Å². The molecule has 1 aliphatic carbocycles. The Balaban J connectivity index is 1.74. The van der Waals surface area contributed by atoms with Crippen LogP contribution in [0, 0.1) is 12.7 Å². The van der Waals surface area contributed by atoms with E-state index in [0.29, 0.717) is 30.5 Å². The van der Waals surface area contributed by atoms with Crippen molar-refractivity contribution >= 4 is 5.97 Å². The van der Waals surface area contributed by atoms with Gasteiger partial charge in [-0.3, -0.25) is 4.90 Å². The van der Waals surface area contributed by atoms with E-state index in [0.717, 1.165) is 24.2 Å². The lowest BCUT2D eigenvalue weighted by Gasteiger charge is -2.20. The summed E-state index contributed by atoms with van der Waals surface area (Å²) in [5.74, 6) is 0.681. The number of benzene rings is 1. The molecule has 4 nitrogen and oxygen atoms in total. The second kappa shape index (κ2) is 6.54. The number of hydrogen-bond acceptors (Lipinski definition) is 4. The Hall–Kier alpha value is -2.14. The number of esters is 1. The van der Waals surface area contributed by atoms with Crippen molar-refractivity contribution in [3.05, 3.63) is 58.8 Å². The molecule has 0 aliphatic heterocycles. The molecule has 1 aromatic heterocycles. The molecule has 5 heteroatoms. The van der Waals surface area contributed by atoms with E-state index < -0.39 is 0 Å². The van der Waals surface area contributed by atoms with Gasteiger partial charge < -0.3 is 9.15 Å². The van der Waals surface area contributed by atoms with Crippen LogP contribution in [0.3, 0.4) is 0 Å². The van der Waals surface area contributed by atoms with Crippen LogP contribution in [0.4, 0.5) is 4.39 Å². The van der Waals surface area contributed by atoms with Gasteiger partial charge in [-0.15, -0.1) is 0 Å². The summed E-state index contributed by atoms with van der Waals surface area (Å²) in [6.07, 6.45) is 2.28. The van der Waals surface area contributed by atoms with Crippen molar-refractivity contribution in [1.82, 2.24) is 4.90 Å². The zero-order chi connectivity index (χ0) is 16.4. The first-order valence-electron chi connectivity index (χ1n) is 7.73. The van der Waals surface area contributed by atoms with E-state index in [1.807, 2.05) is 6.07 Å². The molecule has 1 saturated carbocycles. The Morgan fingerprint density at radius 2 is 2.13 bits per heavy atom. The molecule has 1 aromatic carbocycles. The average Bonchev–Trinajstić information content (AvgIpc) is 3.30. The molecular formula is C18H20FNO3. The first-order valence-corrected chi connectivity index (χ1v) is 7.73. The lowest BCUT2D eigenvalue weighted by Crippen LogP contribution is -2.24. The number of carbonyl (C=O) groups excluding carboxylic acids is 1. The summed E-state index contributed by atoms with van der Waals surface area (Å²) in [6, 6.07) is 8.88. The number of hydrogen-bond donors (Lipinski definition) is 0. The molecule has 0 unspecified atom stereocenters. The number of aryl methyl sites for hydroxylation is 1.